The van der Waals surface area contributed by atoms with E-state index in [2.05, 4.69) is 67.7 Å². The highest BCUT2D eigenvalue weighted by molar-refractivity contribution is 5.60. The van der Waals surface area contributed by atoms with Crippen molar-refractivity contribution in [3.05, 3.63) is 59.7 Å². The van der Waals surface area contributed by atoms with E-state index in [9.17, 15) is 0 Å². The van der Waals surface area contributed by atoms with Gasteiger partial charge in [-0.2, -0.15) is 0 Å². The van der Waals surface area contributed by atoms with Crippen LogP contribution in [-0.2, 0) is 12.8 Å². The minimum atomic E-state index is 1.17. The summed E-state index contributed by atoms with van der Waals surface area (Å²) in [6.45, 7) is 4.52. The normalized spacial score (nSPS) is 10.8. The number of anilines is 2. The molecule has 0 unspecified atom stereocenters. The standard InChI is InChI=1S/C24H35N/c1-3-5-7-8-9-10-13-21-16-18-23(19-17-21)25-24-15-11-14-22(20-24)12-6-4-2/h11,14-20,25H,3-10,12-13H2,1-2H3. The average molecular weight is 338 g/mol. The van der Waals surface area contributed by atoms with Crippen LogP contribution < -0.4 is 5.32 Å². The zero-order valence-corrected chi connectivity index (χ0v) is 16.2. The van der Waals surface area contributed by atoms with E-state index < -0.39 is 0 Å². The van der Waals surface area contributed by atoms with Crippen molar-refractivity contribution >= 4 is 11.4 Å². The number of unbranched alkanes of at least 4 members (excludes halogenated alkanes) is 6. The minimum absolute atomic E-state index is 1.17. The van der Waals surface area contributed by atoms with Crippen LogP contribution in [0.3, 0.4) is 0 Å². The van der Waals surface area contributed by atoms with E-state index in [1.54, 1.807) is 0 Å². The summed E-state index contributed by atoms with van der Waals surface area (Å²) in [5.74, 6) is 0. The van der Waals surface area contributed by atoms with Crippen molar-refractivity contribution in [3.63, 3.8) is 0 Å². The van der Waals surface area contributed by atoms with E-state index in [4.69, 9.17) is 0 Å². The molecule has 1 nitrogen and oxygen atoms in total. The van der Waals surface area contributed by atoms with E-state index in [1.807, 2.05) is 0 Å². The summed E-state index contributed by atoms with van der Waals surface area (Å²) in [7, 11) is 0. The highest BCUT2D eigenvalue weighted by atomic mass is 14.9. The zero-order valence-electron chi connectivity index (χ0n) is 16.2. The number of aryl methyl sites for hydroxylation is 2. The molecule has 25 heavy (non-hydrogen) atoms. The molecule has 2 rings (SSSR count). The summed E-state index contributed by atoms with van der Waals surface area (Å²) in [4.78, 5) is 0. The van der Waals surface area contributed by atoms with Gasteiger partial charge < -0.3 is 5.32 Å². The lowest BCUT2D eigenvalue weighted by Crippen LogP contribution is -1.93. The molecule has 0 aromatic heterocycles. The van der Waals surface area contributed by atoms with Crippen LogP contribution in [0.2, 0.25) is 0 Å². The predicted octanol–water partition coefficient (Wildman–Crippen LogP) is 7.68. The van der Waals surface area contributed by atoms with Crippen molar-refractivity contribution in [1.82, 2.24) is 0 Å². The Morgan fingerprint density at radius 3 is 2.04 bits per heavy atom. The molecule has 0 bridgehead atoms. The number of hydrogen-bond donors (Lipinski definition) is 1. The molecule has 0 aliphatic carbocycles. The maximum atomic E-state index is 3.54. The Kier molecular flexibility index (Phi) is 9.18. The lowest BCUT2D eigenvalue weighted by Gasteiger charge is -2.09. The Bertz CT molecular complexity index is 585. The Morgan fingerprint density at radius 2 is 1.28 bits per heavy atom. The first-order chi connectivity index (χ1) is 12.3. The molecule has 0 radical (unpaired) electrons. The van der Waals surface area contributed by atoms with Crippen LogP contribution in [0.25, 0.3) is 0 Å². The minimum Gasteiger partial charge on any atom is -0.356 e. The second kappa shape index (κ2) is 11.7. The van der Waals surface area contributed by atoms with Gasteiger partial charge in [0.05, 0.1) is 0 Å². The van der Waals surface area contributed by atoms with Gasteiger partial charge in [0, 0.05) is 11.4 Å². The van der Waals surface area contributed by atoms with Crippen molar-refractivity contribution in [2.45, 2.75) is 78.1 Å². The summed E-state index contributed by atoms with van der Waals surface area (Å²) in [5.41, 5.74) is 5.25. The molecule has 0 aliphatic heterocycles. The van der Waals surface area contributed by atoms with E-state index in [1.165, 1.54) is 86.7 Å². The van der Waals surface area contributed by atoms with Crippen LogP contribution in [0.15, 0.2) is 48.5 Å². The highest BCUT2D eigenvalue weighted by Gasteiger charge is 1.99. The number of rotatable bonds is 12. The summed E-state index contributed by atoms with van der Waals surface area (Å²) in [5, 5.41) is 3.54. The van der Waals surface area contributed by atoms with Gasteiger partial charge in [0.25, 0.3) is 0 Å². The first-order valence-corrected chi connectivity index (χ1v) is 10.3. The van der Waals surface area contributed by atoms with E-state index in [0.717, 1.165) is 0 Å². The van der Waals surface area contributed by atoms with Crippen molar-refractivity contribution in [2.75, 3.05) is 5.32 Å². The van der Waals surface area contributed by atoms with Gasteiger partial charge in [0.2, 0.25) is 0 Å². The molecular weight excluding hydrogens is 302 g/mol. The number of hydrogen-bond acceptors (Lipinski definition) is 1. The number of benzene rings is 2. The fourth-order valence-corrected chi connectivity index (χ4v) is 3.22. The molecule has 0 heterocycles. The SMILES string of the molecule is CCCCCCCCc1ccc(Nc2cccc(CCCC)c2)cc1. The topological polar surface area (TPSA) is 12.0 Å². The van der Waals surface area contributed by atoms with Gasteiger partial charge in [-0.25, -0.2) is 0 Å². The van der Waals surface area contributed by atoms with Crippen molar-refractivity contribution in [2.24, 2.45) is 0 Å². The molecule has 0 saturated heterocycles. The summed E-state index contributed by atoms with van der Waals surface area (Å²) < 4.78 is 0. The third kappa shape index (κ3) is 7.77. The van der Waals surface area contributed by atoms with Crippen molar-refractivity contribution < 1.29 is 0 Å². The first kappa shape index (κ1) is 19.6. The Hall–Kier alpha value is -1.76. The lowest BCUT2D eigenvalue weighted by atomic mass is 10.0. The van der Waals surface area contributed by atoms with Gasteiger partial charge in [-0.05, 0) is 61.1 Å². The second-order valence-corrected chi connectivity index (χ2v) is 7.14. The van der Waals surface area contributed by atoms with Crippen LogP contribution in [0, 0.1) is 0 Å². The molecule has 2 aromatic rings. The molecule has 0 fully saturated rings. The molecule has 0 spiro atoms. The fourth-order valence-electron chi connectivity index (χ4n) is 3.22. The van der Waals surface area contributed by atoms with Crippen LogP contribution in [0.5, 0.6) is 0 Å². The Balaban J connectivity index is 1.78. The molecular formula is C24H35N. The van der Waals surface area contributed by atoms with Gasteiger partial charge >= 0.3 is 0 Å². The van der Waals surface area contributed by atoms with Gasteiger partial charge in [-0.1, -0.05) is 76.6 Å². The molecule has 0 aliphatic rings. The third-order valence-electron chi connectivity index (χ3n) is 4.81. The molecule has 0 atom stereocenters. The smallest absolute Gasteiger partial charge is 0.0386 e. The van der Waals surface area contributed by atoms with Crippen molar-refractivity contribution in [1.29, 1.82) is 0 Å². The largest absolute Gasteiger partial charge is 0.356 e. The van der Waals surface area contributed by atoms with E-state index in [-0.39, 0.29) is 0 Å². The summed E-state index contributed by atoms with van der Waals surface area (Å²) >= 11 is 0. The molecule has 136 valence electrons. The zero-order chi connectivity index (χ0) is 17.7. The van der Waals surface area contributed by atoms with Crippen LogP contribution >= 0.6 is 0 Å². The average Bonchev–Trinajstić information content (AvgIpc) is 2.64. The third-order valence-corrected chi connectivity index (χ3v) is 4.81. The molecule has 1 N–H and O–H groups in total. The second-order valence-electron chi connectivity index (χ2n) is 7.14. The quantitative estimate of drug-likeness (QED) is 0.392. The van der Waals surface area contributed by atoms with Crippen molar-refractivity contribution in [3.8, 4) is 0 Å². The molecule has 2 aromatic carbocycles. The molecule has 0 saturated carbocycles. The Labute approximate surface area is 154 Å². The van der Waals surface area contributed by atoms with Gasteiger partial charge in [0.1, 0.15) is 0 Å². The van der Waals surface area contributed by atoms with E-state index in [0.29, 0.717) is 0 Å². The highest BCUT2D eigenvalue weighted by Crippen LogP contribution is 2.20. The summed E-state index contributed by atoms with van der Waals surface area (Å²) in [6.07, 6.45) is 13.1. The maximum absolute atomic E-state index is 3.54. The lowest BCUT2D eigenvalue weighted by molar-refractivity contribution is 0.607. The van der Waals surface area contributed by atoms with Crippen LogP contribution in [0.4, 0.5) is 11.4 Å². The predicted molar refractivity (Wildman–Crippen MR) is 112 cm³/mol. The van der Waals surface area contributed by atoms with Gasteiger partial charge in [-0.3, -0.25) is 0 Å². The van der Waals surface area contributed by atoms with Crippen LogP contribution in [0.1, 0.15) is 76.3 Å². The van der Waals surface area contributed by atoms with Gasteiger partial charge in [-0.15, -0.1) is 0 Å². The van der Waals surface area contributed by atoms with Gasteiger partial charge in [0.15, 0.2) is 0 Å². The van der Waals surface area contributed by atoms with Crippen LogP contribution in [-0.4, -0.2) is 0 Å². The maximum Gasteiger partial charge on any atom is 0.0386 e. The number of nitrogens with one attached hydrogen (secondary N) is 1. The molecule has 1 heteroatoms. The van der Waals surface area contributed by atoms with E-state index >= 15 is 0 Å². The summed E-state index contributed by atoms with van der Waals surface area (Å²) in [6, 6.07) is 17.8. The first-order valence-electron chi connectivity index (χ1n) is 10.3. The Morgan fingerprint density at radius 1 is 0.600 bits per heavy atom. The fraction of sp³-hybridized carbons (Fsp3) is 0.500. The monoisotopic (exact) mass is 337 g/mol. The molecule has 0 amide bonds.